The predicted octanol–water partition coefficient (Wildman–Crippen LogP) is 1.02. The van der Waals surface area contributed by atoms with E-state index in [-0.39, 0.29) is 66.7 Å². The Hall–Kier alpha value is -2.38. The molecule has 0 bridgehead atoms. The number of carbonyl (C=O) groups excluding carboxylic acids is 7. The van der Waals surface area contributed by atoms with Crippen LogP contribution in [0.1, 0.15) is 61.3 Å². The Bertz CT molecular complexity index is 1240. The van der Waals surface area contributed by atoms with Crippen molar-refractivity contribution in [3.63, 3.8) is 0 Å². The van der Waals surface area contributed by atoms with Gasteiger partial charge in [0.25, 0.3) is 11.8 Å². The van der Waals surface area contributed by atoms with Gasteiger partial charge in [-0.25, -0.2) is 0 Å². The van der Waals surface area contributed by atoms with Gasteiger partial charge in [0.2, 0.25) is 5.91 Å². The molecule has 1 aromatic carbocycles. The number of benzene rings is 1. The van der Waals surface area contributed by atoms with Crippen molar-refractivity contribution < 1.29 is 62.7 Å². The SMILES string of the molecule is CC(=O)OCC(CNC(=O)c1c(I)c(NC(=O)CCC(O)CO)c(I)c(C(=O)NCC(COC(C)=O)OC(C)=O)c1I)OC(C)=O. The van der Waals surface area contributed by atoms with Crippen LogP contribution < -0.4 is 16.0 Å². The third-order valence-electron chi connectivity index (χ3n) is 5.54. The highest BCUT2D eigenvalue weighted by atomic mass is 127. The number of ether oxygens (including phenoxy) is 4. The highest BCUT2D eigenvalue weighted by Gasteiger charge is 2.30. The maximum Gasteiger partial charge on any atom is 0.303 e. The molecule has 0 aliphatic heterocycles. The molecule has 3 atom stereocenters. The topological polar surface area (TPSA) is 233 Å². The summed E-state index contributed by atoms with van der Waals surface area (Å²) in [5.74, 6) is -4.64. The zero-order chi connectivity index (χ0) is 35.1. The molecule has 0 aliphatic rings. The van der Waals surface area contributed by atoms with Crippen LogP contribution in [-0.2, 0) is 42.9 Å². The minimum absolute atomic E-state index is 0.0250. The van der Waals surface area contributed by atoms with Gasteiger partial charge in [0.1, 0.15) is 13.2 Å². The van der Waals surface area contributed by atoms with Crippen LogP contribution >= 0.6 is 67.8 Å². The molecule has 0 fully saturated rings. The van der Waals surface area contributed by atoms with Crippen LogP contribution in [0.15, 0.2) is 0 Å². The van der Waals surface area contributed by atoms with Gasteiger partial charge in [-0.3, -0.25) is 33.6 Å². The molecular weight excluding hydrogens is 955 g/mol. The molecule has 0 saturated heterocycles. The molecule has 1 aromatic rings. The first-order valence-corrected chi connectivity index (χ1v) is 16.7. The van der Waals surface area contributed by atoms with Crippen LogP contribution in [0.2, 0.25) is 0 Å². The lowest BCUT2D eigenvalue weighted by molar-refractivity contribution is -0.155. The summed E-state index contributed by atoms with van der Waals surface area (Å²) in [5.41, 5.74) is 0.0549. The molecule has 0 radical (unpaired) electrons. The number of nitrogens with one attached hydrogen (secondary N) is 3. The Kier molecular flexibility index (Phi) is 18.8. The van der Waals surface area contributed by atoms with Crippen LogP contribution in [0.5, 0.6) is 0 Å². The predicted molar refractivity (Wildman–Crippen MR) is 185 cm³/mol. The molecule has 0 spiro atoms. The standard InChI is InChI=1S/C27H34I3N3O13/c1-12(35)43-10-17(45-14(3)37)7-31-26(41)20-22(28)21(27(42)32-8-18(46-15(4)38)11-44-13(2)36)24(30)25(23(20)29)33-19(40)6-5-16(39)9-34/h16-18,34,39H,5-11H2,1-4H3,(H,31,41)(H,32,42)(H,33,40). The molecule has 3 unspecified atom stereocenters. The number of esters is 4. The summed E-state index contributed by atoms with van der Waals surface area (Å²) in [5, 5.41) is 26.6. The van der Waals surface area contributed by atoms with E-state index in [2.05, 4.69) is 16.0 Å². The molecule has 0 saturated carbocycles. The summed E-state index contributed by atoms with van der Waals surface area (Å²) >= 11 is 5.45. The van der Waals surface area contributed by atoms with Gasteiger partial charge in [-0.05, 0) is 74.2 Å². The van der Waals surface area contributed by atoms with Crippen LogP contribution in [0.3, 0.4) is 0 Å². The van der Waals surface area contributed by atoms with E-state index >= 15 is 0 Å². The molecule has 0 heterocycles. The second kappa shape index (κ2) is 20.8. The second-order valence-electron chi connectivity index (χ2n) is 9.48. The maximum atomic E-state index is 13.5. The number of rotatable bonds is 17. The highest BCUT2D eigenvalue weighted by Crippen LogP contribution is 2.36. The molecule has 16 nitrogen and oxygen atoms in total. The van der Waals surface area contributed by atoms with Gasteiger partial charge in [0.15, 0.2) is 12.2 Å². The normalized spacial score (nSPS) is 12.5. The summed E-state index contributed by atoms with van der Waals surface area (Å²) in [6.45, 7) is 2.87. The second-order valence-corrected chi connectivity index (χ2v) is 12.7. The molecule has 256 valence electrons. The minimum atomic E-state index is -1.13. The number of halogens is 3. The average Bonchev–Trinajstić information content (AvgIpc) is 2.96. The van der Waals surface area contributed by atoms with Crippen molar-refractivity contribution in [3.05, 3.63) is 21.8 Å². The summed E-state index contributed by atoms with van der Waals surface area (Å²) < 4.78 is 20.7. The first kappa shape index (κ1) is 41.6. The van der Waals surface area contributed by atoms with Crippen LogP contribution in [0, 0.1) is 10.7 Å². The molecule has 3 amide bonds. The highest BCUT2D eigenvalue weighted by molar-refractivity contribution is 14.1. The third kappa shape index (κ3) is 14.6. The van der Waals surface area contributed by atoms with Gasteiger partial charge in [0.05, 0.1) is 49.8 Å². The van der Waals surface area contributed by atoms with E-state index < -0.39 is 66.5 Å². The van der Waals surface area contributed by atoms with Crippen LogP contribution in [0.4, 0.5) is 5.69 Å². The number of aliphatic hydroxyl groups is 2. The number of carbonyl (C=O) groups is 7. The van der Waals surface area contributed by atoms with E-state index in [4.69, 9.17) is 24.1 Å². The van der Waals surface area contributed by atoms with Gasteiger partial charge in [-0.1, -0.05) is 0 Å². The Morgan fingerprint density at radius 3 is 1.46 bits per heavy atom. The fourth-order valence-electron chi connectivity index (χ4n) is 3.51. The Morgan fingerprint density at radius 1 is 0.696 bits per heavy atom. The van der Waals surface area contributed by atoms with Crippen molar-refractivity contribution in [3.8, 4) is 0 Å². The molecule has 46 heavy (non-hydrogen) atoms. The zero-order valence-electron chi connectivity index (χ0n) is 25.2. The molecular formula is C27H34I3N3O13. The average molecular weight is 989 g/mol. The third-order valence-corrected chi connectivity index (χ3v) is 8.78. The van der Waals surface area contributed by atoms with Crippen molar-refractivity contribution in [2.24, 2.45) is 0 Å². The Morgan fingerprint density at radius 2 is 1.11 bits per heavy atom. The Balaban J connectivity index is 3.51. The van der Waals surface area contributed by atoms with E-state index in [1.807, 2.05) is 45.2 Å². The minimum Gasteiger partial charge on any atom is -0.462 e. The first-order valence-electron chi connectivity index (χ1n) is 13.4. The van der Waals surface area contributed by atoms with Gasteiger partial charge in [-0.15, -0.1) is 0 Å². The molecule has 19 heteroatoms. The smallest absolute Gasteiger partial charge is 0.303 e. The number of anilines is 1. The molecule has 0 aliphatic carbocycles. The number of hydrogen-bond acceptors (Lipinski definition) is 13. The van der Waals surface area contributed by atoms with Gasteiger partial charge < -0.3 is 45.1 Å². The van der Waals surface area contributed by atoms with E-state index in [1.165, 1.54) is 0 Å². The van der Waals surface area contributed by atoms with E-state index in [0.717, 1.165) is 27.7 Å². The van der Waals surface area contributed by atoms with Gasteiger partial charge in [0, 0.05) is 37.7 Å². The lowest BCUT2D eigenvalue weighted by atomic mass is 10.1. The lowest BCUT2D eigenvalue weighted by Crippen LogP contribution is -2.40. The van der Waals surface area contributed by atoms with E-state index in [9.17, 15) is 38.7 Å². The molecule has 1 rings (SSSR count). The quantitative estimate of drug-likeness (QED) is 0.0835. The monoisotopic (exact) mass is 989 g/mol. The number of amides is 3. The van der Waals surface area contributed by atoms with E-state index in [0.29, 0.717) is 0 Å². The van der Waals surface area contributed by atoms with Crippen molar-refractivity contribution in [2.45, 2.75) is 58.8 Å². The van der Waals surface area contributed by atoms with Crippen molar-refractivity contribution in [2.75, 3.05) is 38.2 Å². The summed E-state index contributed by atoms with van der Waals surface area (Å²) in [6, 6.07) is 0. The van der Waals surface area contributed by atoms with E-state index in [1.54, 1.807) is 22.6 Å². The van der Waals surface area contributed by atoms with Gasteiger partial charge in [-0.2, -0.15) is 0 Å². The summed E-state index contributed by atoms with van der Waals surface area (Å²) in [6.07, 6.45) is -3.43. The van der Waals surface area contributed by atoms with Crippen molar-refractivity contribution >= 4 is 115 Å². The number of hydrogen-bond donors (Lipinski definition) is 5. The first-order chi connectivity index (χ1) is 21.5. The molecule has 0 aromatic heterocycles. The maximum absolute atomic E-state index is 13.5. The number of aliphatic hydroxyl groups excluding tert-OH is 2. The Labute approximate surface area is 305 Å². The van der Waals surface area contributed by atoms with Crippen LogP contribution in [-0.4, -0.2) is 103 Å². The van der Waals surface area contributed by atoms with Crippen molar-refractivity contribution in [1.29, 1.82) is 0 Å². The molecule has 5 N–H and O–H groups in total. The lowest BCUT2D eigenvalue weighted by Gasteiger charge is -2.22. The fourth-order valence-corrected chi connectivity index (χ4v) is 7.93. The zero-order valence-corrected chi connectivity index (χ0v) is 31.7. The van der Waals surface area contributed by atoms with Gasteiger partial charge >= 0.3 is 23.9 Å². The fraction of sp³-hybridized carbons (Fsp3) is 0.519. The summed E-state index contributed by atoms with van der Waals surface area (Å²) in [7, 11) is 0. The summed E-state index contributed by atoms with van der Waals surface area (Å²) in [4.78, 5) is 85.5. The van der Waals surface area contributed by atoms with Crippen molar-refractivity contribution in [1.82, 2.24) is 10.6 Å². The van der Waals surface area contributed by atoms with Crippen LogP contribution in [0.25, 0.3) is 0 Å². The largest absolute Gasteiger partial charge is 0.462 e.